The normalized spacial score (nSPS) is 11.4. The van der Waals surface area contributed by atoms with E-state index in [1.807, 2.05) is 16.9 Å². The van der Waals surface area contributed by atoms with Gasteiger partial charge in [0.05, 0.1) is 22.9 Å². The Morgan fingerprint density at radius 1 is 1.21 bits per heavy atom. The third kappa shape index (κ3) is 6.30. The summed E-state index contributed by atoms with van der Waals surface area (Å²) in [4.78, 5) is 8.92. The van der Waals surface area contributed by atoms with Crippen molar-refractivity contribution in [2.75, 3.05) is 13.6 Å². The fourth-order valence-corrected chi connectivity index (χ4v) is 3.46. The highest BCUT2D eigenvalue weighted by atomic mass is 127. The lowest BCUT2D eigenvalue weighted by atomic mass is 10.1. The molecule has 150 valence electrons. The molecular weight excluding hydrogens is 483 g/mol. The van der Waals surface area contributed by atoms with E-state index in [1.165, 1.54) is 10.6 Å². The Kier molecular flexibility index (Phi) is 8.91. The van der Waals surface area contributed by atoms with Crippen LogP contribution in [0.1, 0.15) is 36.0 Å². The molecule has 0 aliphatic heterocycles. The number of aliphatic imine (C=N–C) groups is 1. The lowest BCUT2D eigenvalue weighted by Gasteiger charge is -2.11. The van der Waals surface area contributed by atoms with Crippen LogP contribution >= 0.6 is 35.3 Å². The molecule has 2 heterocycles. The van der Waals surface area contributed by atoms with E-state index in [4.69, 9.17) is 0 Å². The largest absolute Gasteiger partial charge is 0.356 e. The minimum Gasteiger partial charge on any atom is -0.356 e. The fraction of sp³-hybridized carbons (Fsp3) is 0.350. The first-order chi connectivity index (χ1) is 13.2. The quantitative estimate of drug-likeness (QED) is 0.287. The number of aromatic nitrogens is 3. The highest BCUT2D eigenvalue weighted by molar-refractivity contribution is 14.0. The number of hydrogen-bond donors (Lipinski definition) is 2. The first-order valence-electron chi connectivity index (χ1n) is 9.13. The van der Waals surface area contributed by atoms with Crippen LogP contribution in [0, 0.1) is 0 Å². The summed E-state index contributed by atoms with van der Waals surface area (Å²) >= 11 is 1.71. The van der Waals surface area contributed by atoms with Crippen molar-refractivity contribution in [1.82, 2.24) is 25.4 Å². The SMILES string of the molecule is CN=C(NCCc1ccc(-n2cccn2)cc1)NCc1csc(C(C)C)n1.I. The Morgan fingerprint density at radius 3 is 2.61 bits per heavy atom. The average Bonchev–Trinajstić information content (AvgIpc) is 3.37. The Balaban J connectivity index is 0.00000280. The third-order valence-corrected chi connectivity index (χ3v) is 5.33. The van der Waals surface area contributed by atoms with Gasteiger partial charge >= 0.3 is 0 Å². The topological polar surface area (TPSA) is 67.1 Å². The molecule has 8 heteroatoms. The molecule has 0 aliphatic rings. The fourth-order valence-electron chi connectivity index (χ4n) is 2.63. The van der Waals surface area contributed by atoms with Crippen LogP contribution in [0.15, 0.2) is 53.1 Å². The van der Waals surface area contributed by atoms with E-state index >= 15 is 0 Å². The monoisotopic (exact) mass is 510 g/mol. The van der Waals surface area contributed by atoms with Crippen molar-refractivity contribution in [3.8, 4) is 5.69 Å². The highest BCUT2D eigenvalue weighted by Gasteiger charge is 2.06. The Morgan fingerprint density at radius 2 is 2.00 bits per heavy atom. The first kappa shape index (κ1) is 22.4. The molecule has 0 unspecified atom stereocenters. The predicted octanol–water partition coefficient (Wildman–Crippen LogP) is 3.98. The Bertz CT molecular complexity index is 855. The number of guanidine groups is 1. The number of nitrogens with one attached hydrogen (secondary N) is 2. The van der Waals surface area contributed by atoms with Crippen molar-refractivity contribution in [1.29, 1.82) is 0 Å². The van der Waals surface area contributed by atoms with Crippen molar-refractivity contribution >= 4 is 41.3 Å². The molecule has 0 saturated heterocycles. The molecule has 3 rings (SSSR count). The van der Waals surface area contributed by atoms with Crippen LogP contribution < -0.4 is 10.6 Å². The van der Waals surface area contributed by atoms with Crippen LogP contribution in [-0.4, -0.2) is 34.3 Å². The third-order valence-electron chi connectivity index (χ3n) is 4.14. The van der Waals surface area contributed by atoms with E-state index in [2.05, 4.69) is 69.2 Å². The van der Waals surface area contributed by atoms with Crippen LogP contribution in [0.5, 0.6) is 0 Å². The van der Waals surface area contributed by atoms with Gasteiger partial charge in [-0.15, -0.1) is 35.3 Å². The first-order valence-corrected chi connectivity index (χ1v) is 10.0. The van der Waals surface area contributed by atoms with E-state index in [0.717, 1.165) is 30.3 Å². The molecule has 2 aromatic heterocycles. The molecule has 0 radical (unpaired) electrons. The number of nitrogens with zero attached hydrogens (tertiary/aromatic N) is 4. The van der Waals surface area contributed by atoms with E-state index in [-0.39, 0.29) is 24.0 Å². The van der Waals surface area contributed by atoms with Crippen LogP contribution in [0.2, 0.25) is 0 Å². The summed E-state index contributed by atoms with van der Waals surface area (Å²) in [5, 5.41) is 14.2. The molecule has 0 spiro atoms. The summed E-state index contributed by atoms with van der Waals surface area (Å²) in [7, 11) is 1.79. The lowest BCUT2D eigenvalue weighted by molar-refractivity contribution is 0.775. The van der Waals surface area contributed by atoms with Crippen LogP contribution in [0.3, 0.4) is 0 Å². The summed E-state index contributed by atoms with van der Waals surface area (Å²) < 4.78 is 1.86. The van der Waals surface area contributed by atoms with Gasteiger partial charge in [-0.3, -0.25) is 4.99 Å². The van der Waals surface area contributed by atoms with Gasteiger partial charge in [0, 0.05) is 37.3 Å². The van der Waals surface area contributed by atoms with Crippen LogP contribution in [-0.2, 0) is 13.0 Å². The van der Waals surface area contributed by atoms with E-state index in [1.54, 1.807) is 24.6 Å². The molecule has 0 saturated carbocycles. The van der Waals surface area contributed by atoms with E-state index < -0.39 is 0 Å². The summed E-state index contributed by atoms with van der Waals surface area (Å²) in [5.41, 5.74) is 3.40. The maximum absolute atomic E-state index is 4.64. The molecule has 6 nitrogen and oxygen atoms in total. The maximum atomic E-state index is 4.64. The Labute approximate surface area is 187 Å². The number of halogens is 1. The van der Waals surface area contributed by atoms with Gasteiger partial charge in [0.2, 0.25) is 0 Å². The zero-order chi connectivity index (χ0) is 19.1. The summed E-state index contributed by atoms with van der Waals surface area (Å²) in [5.74, 6) is 1.27. The number of rotatable bonds is 7. The Hall–Kier alpha value is -1.94. The molecule has 3 aromatic rings. The summed E-state index contributed by atoms with van der Waals surface area (Å²) in [6.45, 7) is 5.83. The van der Waals surface area contributed by atoms with Gasteiger partial charge in [-0.2, -0.15) is 5.10 Å². The van der Waals surface area contributed by atoms with Crippen LogP contribution in [0.25, 0.3) is 5.69 Å². The molecule has 0 fully saturated rings. The zero-order valence-electron chi connectivity index (χ0n) is 16.4. The summed E-state index contributed by atoms with van der Waals surface area (Å²) in [6, 6.07) is 10.4. The summed E-state index contributed by atoms with van der Waals surface area (Å²) in [6.07, 6.45) is 4.65. The van der Waals surface area contributed by atoms with Gasteiger partial charge in [-0.05, 0) is 30.2 Å². The highest BCUT2D eigenvalue weighted by Crippen LogP contribution is 2.18. The second-order valence-electron chi connectivity index (χ2n) is 6.55. The lowest BCUT2D eigenvalue weighted by Crippen LogP contribution is -2.37. The van der Waals surface area contributed by atoms with Gasteiger partial charge in [0.25, 0.3) is 0 Å². The molecule has 0 bridgehead atoms. The zero-order valence-corrected chi connectivity index (χ0v) is 19.6. The predicted molar refractivity (Wildman–Crippen MR) is 127 cm³/mol. The van der Waals surface area contributed by atoms with Gasteiger partial charge < -0.3 is 10.6 Å². The standard InChI is InChI=1S/C20H26N6S.HI/c1-15(2)19-25-17(14-27-19)13-23-20(21-3)22-11-9-16-5-7-18(8-6-16)26-12-4-10-24-26;/h4-8,10,12,14-15H,9,11,13H2,1-3H3,(H2,21,22,23);1H. The van der Waals surface area contributed by atoms with E-state index in [9.17, 15) is 0 Å². The molecule has 0 amide bonds. The van der Waals surface area contributed by atoms with Gasteiger partial charge in [0.15, 0.2) is 5.96 Å². The molecule has 0 atom stereocenters. The van der Waals surface area contributed by atoms with Crippen molar-refractivity contribution in [2.24, 2.45) is 4.99 Å². The maximum Gasteiger partial charge on any atom is 0.191 e. The van der Waals surface area contributed by atoms with Crippen molar-refractivity contribution in [3.63, 3.8) is 0 Å². The second kappa shape index (κ2) is 11.2. The average molecular weight is 510 g/mol. The molecule has 0 aliphatic carbocycles. The number of benzene rings is 1. The minimum absolute atomic E-state index is 0. The van der Waals surface area contributed by atoms with Crippen molar-refractivity contribution in [2.45, 2.75) is 32.7 Å². The number of thiazole rings is 1. The second-order valence-corrected chi connectivity index (χ2v) is 7.44. The number of hydrogen-bond acceptors (Lipinski definition) is 4. The van der Waals surface area contributed by atoms with Crippen molar-refractivity contribution in [3.05, 3.63) is 64.4 Å². The van der Waals surface area contributed by atoms with Crippen molar-refractivity contribution < 1.29 is 0 Å². The molecule has 2 N–H and O–H groups in total. The van der Waals surface area contributed by atoms with Gasteiger partial charge in [-0.1, -0.05) is 26.0 Å². The molecule has 1 aromatic carbocycles. The van der Waals surface area contributed by atoms with Crippen LogP contribution in [0.4, 0.5) is 0 Å². The minimum atomic E-state index is 0. The van der Waals surface area contributed by atoms with Gasteiger partial charge in [0.1, 0.15) is 0 Å². The molecule has 28 heavy (non-hydrogen) atoms. The van der Waals surface area contributed by atoms with E-state index in [0.29, 0.717) is 12.5 Å². The van der Waals surface area contributed by atoms with Gasteiger partial charge in [-0.25, -0.2) is 9.67 Å². The smallest absolute Gasteiger partial charge is 0.191 e. The molecular formula is C20H27IN6S.